The Labute approximate surface area is 106 Å². The smallest absolute Gasteiger partial charge is 0.0741 e. The summed E-state index contributed by atoms with van der Waals surface area (Å²) in [5, 5.41) is 14.4. The highest BCUT2D eigenvalue weighted by Crippen LogP contribution is 2.29. The molecule has 2 rings (SSSR count). The second-order valence-corrected chi connectivity index (χ2v) is 5.07. The van der Waals surface area contributed by atoms with Gasteiger partial charge in [0.15, 0.2) is 0 Å². The van der Waals surface area contributed by atoms with E-state index in [-0.39, 0.29) is 12.1 Å². The Morgan fingerprint density at radius 1 is 1.19 bits per heavy atom. The van der Waals surface area contributed by atoms with Crippen LogP contribution in [-0.4, -0.2) is 17.3 Å². The summed E-state index contributed by atoms with van der Waals surface area (Å²) in [7, 11) is 0. The monoisotopic (exact) mass is 259 g/mol. The van der Waals surface area contributed by atoms with E-state index in [0.29, 0.717) is 10.0 Å². The molecule has 2 N–H and O–H groups in total. The Morgan fingerprint density at radius 2 is 1.94 bits per heavy atom. The summed E-state index contributed by atoms with van der Waals surface area (Å²) >= 11 is 11.9. The van der Waals surface area contributed by atoms with Crippen molar-refractivity contribution in [3.8, 4) is 0 Å². The van der Waals surface area contributed by atoms with Gasteiger partial charge in [-0.3, -0.25) is 0 Å². The fourth-order valence-corrected chi connectivity index (χ4v) is 2.55. The Bertz CT molecular complexity index is 370. The van der Waals surface area contributed by atoms with Crippen LogP contribution < -0.4 is 5.32 Å². The highest BCUT2D eigenvalue weighted by molar-refractivity contribution is 6.36. The zero-order valence-corrected chi connectivity index (χ0v) is 10.4. The van der Waals surface area contributed by atoms with E-state index in [4.69, 9.17) is 23.2 Å². The summed E-state index contributed by atoms with van der Waals surface area (Å²) in [6.45, 7) is 0. The number of rotatable bonds is 2. The number of halogens is 2. The lowest BCUT2D eigenvalue weighted by Gasteiger charge is -2.29. The van der Waals surface area contributed by atoms with Crippen molar-refractivity contribution < 1.29 is 5.11 Å². The van der Waals surface area contributed by atoms with Crippen LogP contribution >= 0.6 is 23.2 Å². The van der Waals surface area contributed by atoms with E-state index in [1.807, 2.05) is 6.07 Å². The minimum atomic E-state index is -0.277. The van der Waals surface area contributed by atoms with Crippen LogP contribution in [0.5, 0.6) is 0 Å². The molecule has 1 fully saturated rings. The lowest BCUT2D eigenvalue weighted by atomic mass is 9.92. The lowest BCUT2D eigenvalue weighted by Crippen LogP contribution is -2.36. The van der Waals surface area contributed by atoms with E-state index in [9.17, 15) is 5.11 Å². The van der Waals surface area contributed by atoms with E-state index in [1.165, 1.54) is 0 Å². The number of nitrogens with one attached hydrogen (secondary N) is 1. The number of hydrogen-bond donors (Lipinski definition) is 2. The molecular weight excluding hydrogens is 245 g/mol. The van der Waals surface area contributed by atoms with Gasteiger partial charge in [0.1, 0.15) is 0 Å². The molecule has 0 bridgehead atoms. The second kappa shape index (κ2) is 5.26. The highest BCUT2D eigenvalue weighted by Gasteiger charge is 2.23. The van der Waals surface area contributed by atoms with Crippen molar-refractivity contribution in [1.82, 2.24) is 0 Å². The van der Waals surface area contributed by atoms with Crippen LogP contribution in [0.25, 0.3) is 0 Å². The van der Waals surface area contributed by atoms with Crippen molar-refractivity contribution in [2.45, 2.75) is 37.8 Å². The lowest BCUT2D eigenvalue weighted by molar-refractivity contribution is 0.116. The van der Waals surface area contributed by atoms with Gasteiger partial charge in [0.05, 0.1) is 22.9 Å². The first-order valence-corrected chi connectivity index (χ1v) is 6.32. The standard InChI is InChI=1S/C12H15Cl2NO/c13-8-5-6-10(9(14)7-8)15-11-3-1-2-4-12(11)16/h5-7,11-12,15-16H,1-4H2/t11-,12-/m1/s1. The molecule has 1 aromatic carbocycles. The molecule has 16 heavy (non-hydrogen) atoms. The molecule has 0 aromatic heterocycles. The summed E-state index contributed by atoms with van der Waals surface area (Å²) in [4.78, 5) is 0. The van der Waals surface area contributed by atoms with Crippen LogP contribution in [0.15, 0.2) is 18.2 Å². The molecule has 0 unspecified atom stereocenters. The maximum Gasteiger partial charge on any atom is 0.0741 e. The van der Waals surface area contributed by atoms with Crippen molar-refractivity contribution in [3.05, 3.63) is 28.2 Å². The average molecular weight is 260 g/mol. The second-order valence-electron chi connectivity index (χ2n) is 4.23. The number of hydrogen-bond acceptors (Lipinski definition) is 2. The Morgan fingerprint density at radius 3 is 2.62 bits per heavy atom. The van der Waals surface area contributed by atoms with Gasteiger partial charge in [-0.15, -0.1) is 0 Å². The Hall–Kier alpha value is -0.440. The van der Waals surface area contributed by atoms with Gasteiger partial charge in [-0.1, -0.05) is 36.0 Å². The summed E-state index contributed by atoms with van der Waals surface area (Å²) < 4.78 is 0. The maximum absolute atomic E-state index is 9.84. The van der Waals surface area contributed by atoms with Crippen molar-refractivity contribution in [3.63, 3.8) is 0 Å². The molecule has 0 amide bonds. The SMILES string of the molecule is O[C@@H]1CCCC[C@H]1Nc1ccc(Cl)cc1Cl. The van der Waals surface area contributed by atoms with Gasteiger partial charge >= 0.3 is 0 Å². The molecule has 1 saturated carbocycles. The summed E-state index contributed by atoms with van der Waals surface area (Å²) in [5.41, 5.74) is 0.844. The Kier molecular flexibility index (Phi) is 3.95. The van der Waals surface area contributed by atoms with Gasteiger partial charge < -0.3 is 10.4 Å². The molecule has 2 atom stereocenters. The highest BCUT2D eigenvalue weighted by atomic mass is 35.5. The van der Waals surface area contributed by atoms with Crippen LogP contribution in [0.1, 0.15) is 25.7 Å². The van der Waals surface area contributed by atoms with Gasteiger partial charge in [-0.25, -0.2) is 0 Å². The van der Waals surface area contributed by atoms with Gasteiger partial charge in [0.2, 0.25) is 0 Å². The molecule has 88 valence electrons. The minimum absolute atomic E-state index is 0.104. The third-order valence-electron chi connectivity index (χ3n) is 3.00. The predicted molar refractivity (Wildman–Crippen MR) is 68.3 cm³/mol. The van der Waals surface area contributed by atoms with Gasteiger partial charge in [-0.2, -0.15) is 0 Å². The first-order chi connectivity index (χ1) is 7.66. The molecule has 0 radical (unpaired) electrons. The molecule has 0 aliphatic heterocycles. The molecule has 1 aliphatic rings. The van der Waals surface area contributed by atoms with Crippen LogP contribution in [0.4, 0.5) is 5.69 Å². The molecule has 2 nitrogen and oxygen atoms in total. The first kappa shape index (κ1) is 12.0. The number of anilines is 1. The van der Waals surface area contributed by atoms with E-state index >= 15 is 0 Å². The zero-order chi connectivity index (χ0) is 11.5. The van der Waals surface area contributed by atoms with Crippen LogP contribution in [0, 0.1) is 0 Å². The van der Waals surface area contributed by atoms with Crippen molar-refractivity contribution >= 4 is 28.9 Å². The van der Waals surface area contributed by atoms with E-state index < -0.39 is 0 Å². The maximum atomic E-state index is 9.84. The summed E-state index contributed by atoms with van der Waals surface area (Å²) in [6.07, 6.45) is 3.83. The molecular formula is C12H15Cl2NO. The van der Waals surface area contributed by atoms with Gasteiger partial charge in [-0.05, 0) is 31.0 Å². The first-order valence-electron chi connectivity index (χ1n) is 5.56. The predicted octanol–water partition coefficient (Wildman–Crippen LogP) is 3.71. The molecule has 1 aromatic rings. The number of aliphatic hydroxyl groups excluding tert-OH is 1. The summed E-state index contributed by atoms with van der Waals surface area (Å²) in [5.74, 6) is 0. The average Bonchev–Trinajstić information content (AvgIpc) is 2.25. The van der Waals surface area contributed by atoms with Crippen LogP contribution in [0.3, 0.4) is 0 Å². The third-order valence-corrected chi connectivity index (χ3v) is 3.55. The normalized spacial score (nSPS) is 25.4. The number of aliphatic hydroxyl groups is 1. The van der Waals surface area contributed by atoms with E-state index in [2.05, 4.69) is 5.32 Å². The largest absolute Gasteiger partial charge is 0.391 e. The van der Waals surface area contributed by atoms with Crippen LogP contribution in [-0.2, 0) is 0 Å². The quantitative estimate of drug-likeness (QED) is 0.849. The zero-order valence-electron chi connectivity index (χ0n) is 8.92. The third kappa shape index (κ3) is 2.82. The fourth-order valence-electron chi connectivity index (χ4n) is 2.09. The van der Waals surface area contributed by atoms with E-state index in [0.717, 1.165) is 31.4 Å². The van der Waals surface area contributed by atoms with E-state index in [1.54, 1.807) is 12.1 Å². The van der Waals surface area contributed by atoms with Gasteiger partial charge in [0.25, 0.3) is 0 Å². The minimum Gasteiger partial charge on any atom is -0.391 e. The number of benzene rings is 1. The van der Waals surface area contributed by atoms with Gasteiger partial charge in [0, 0.05) is 5.02 Å². The Balaban J connectivity index is 2.07. The van der Waals surface area contributed by atoms with Crippen molar-refractivity contribution in [1.29, 1.82) is 0 Å². The fraction of sp³-hybridized carbons (Fsp3) is 0.500. The molecule has 4 heteroatoms. The summed E-state index contributed by atoms with van der Waals surface area (Å²) in [6, 6.07) is 5.46. The van der Waals surface area contributed by atoms with Crippen molar-refractivity contribution in [2.24, 2.45) is 0 Å². The molecule has 0 saturated heterocycles. The molecule has 0 spiro atoms. The van der Waals surface area contributed by atoms with Crippen molar-refractivity contribution in [2.75, 3.05) is 5.32 Å². The topological polar surface area (TPSA) is 32.3 Å². The van der Waals surface area contributed by atoms with Crippen LogP contribution in [0.2, 0.25) is 10.0 Å². The molecule has 1 aliphatic carbocycles. The molecule has 0 heterocycles.